The topological polar surface area (TPSA) is 110 Å². The van der Waals surface area contributed by atoms with Gasteiger partial charge in [-0.3, -0.25) is 4.79 Å². The molecule has 0 aliphatic heterocycles. The van der Waals surface area contributed by atoms with Crippen molar-refractivity contribution in [1.29, 1.82) is 0 Å². The van der Waals surface area contributed by atoms with Gasteiger partial charge in [0.25, 0.3) is 0 Å². The molecule has 0 aliphatic rings. The molecule has 4 unspecified atom stereocenters. The van der Waals surface area contributed by atoms with Crippen LogP contribution in [0.15, 0.2) is 36.5 Å². The van der Waals surface area contributed by atoms with Crippen molar-refractivity contribution in [2.24, 2.45) is 0 Å². The van der Waals surface area contributed by atoms with Gasteiger partial charge in [0, 0.05) is 0 Å². The minimum absolute atomic E-state index is 0.357. The summed E-state index contributed by atoms with van der Waals surface area (Å²) in [6.45, 7) is 4.08. The van der Waals surface area contributed by atoms with Gasteiger partial charge in [-0.15, -0.1) is 0 Å². The molecule has 4 atom stereocenters. The van der Waals surface area contributed by atoms with E-state index in [9.17, 15) is 25.2 Å². The standard InChI is InChI=1S/C64H123NO5/c1-3-5-7-9-11-13-15-17-19-21-23-25-27-29-30-31-32-33-34-36-37-39-41-43-45-47-49-51-53-55-57-61(67)63(69)60(59-66)65-64(70)62(68)58-56-54-52-50-48-46-44-42-40-38-35-28-26-24-22-20-18-16-14-12-10-8-6-4-2/h35,38,41,43,49,51,60-63,66-69H,3-34,36-37,39-40,42,44-48,50,52-59H2,1-2H3,(H,65,70)/b38-35-,43-41+,51-49+. The number of hydrogen-bond donors (Lipinski definition) is 5. The number of carbonyl (C=O) groups excluding carboxylic acids is 1. The summed E-state index contributed by atoms with van der Waals surface area (Å²) in [4.78, 5) is 12.6. The molecule has 0 aromatic rings. The molecule has 0 aliphatic carbocycles. The summed E-state index contributed by atoms with van der Waals surface area (Å²) in [5.41, 5.74) is 0. The van der Waals surface area contributed by atoms with E-state index in [2.05, 4.69) is 55.6 Å². The second kappa shape index (κ2) is 58.4. The summed E-state index contributed by atoms with van der Waals surface area (Å²) in [5, 5.41) is 44.1. The van der Waals surface area contributed by atoms with Crippen LogP contribution in [0.3, 0.4) is 0 Å². The highest BCUT2D eigenvalue weighted by Crippen LogP contribution is 2.18. The fraction of sp³-hybridized carbons (Fsp3) is 0.891. The lowest BCUT2D eigenvalue weighted by molar-refractivity contribution is -0.132. The number of aliphatic hydroxyl groups is 4. The first-order chi connectivity index (χ1) is 34.5. The monoisotopic (exact) mass is 986 g/mol. The molecule has 0 saturated heterocycles. The maximum absolute atomic E-state index is 12.6. The van der Waals surface area contributed by atoms with Crippen LogP contribution < -0.4 is 5.32 Å². The minimum atomic E-state index is -1.29. The lowest BCUT2D eigenvalue weighted by Gasteiger charge is -2.27. The van der Waals surface area contributed by atoms with E-state index in [-0.39, 0.29) is 0 Å². The third-order valence-electron chi connectivity index (χ3n) is 14.8. The predicted molar refractivity (Wildman–Crippen MR) is 307 cm³/mol. The zero-order valence-electron chi connectivity index (χ0n) is 47.0. The summed E-state index contributed by atoms with van der Waals surface area (Å²) in [7, 11) is 0. The largest absolute Gasteiger partial charge is 0.394 e. The molecule has 0 heterocycles. The Hall–Kier alpha value is -1.47. The van der Waals surface area contributed by atoms with E-state index < -0.39 is 36.9 Å². The van der Waals surface area contributed by atoms with E-state index in [0.29, 0.717) is 19.3 Å². The van der Waals surface area contributed by atoms with Crippen molar-refractivity contribution < 1.29 is 25.2 Å². The van der Waals surface area contributed by atoms with Crippen LogP contribution in [-0.2, 0) is 4.79 Å². The lowest BCUT2D eigenvalue weighted by Crippen LogP contribution is -2.53. The van der Waals surface area contributed by atoms with Crippen LogP contribution in [-0.4, -0.2) is 57.3 Å². The number of carbonyl (C=O) groups is 1. The Labute approximate surface area is 437 Å². The molecule has 0 aromatic heterocycles. The number of unbranched alkanes of at least 4 members (excludes halogenated alkanes) is 43. The van der Waals surface area contributed by atoms with Gasteiger partial charge < -0.3 is 25.7 Å². The van der Waals surface area contributed by atoms with Gasteiger partial charge in [0.15, 0.2) is 0 Å². The van der Waals surface area contributed by atoms with Crippen LogP contribution in [0, 0.1) is 0 Å². The van der Waals surface area contributed by atoms with Gasteiger partial charge in [0.2, 0.25) is 5.91 Å². The number of nitrogens with one attached hydrogen (secondary N) is 1. The van der Waals surface area contributed by atoms with E-state index in [1.807, 2.05) is 0 Å². The molecule has 414 valence electrons. The first kappa shape index (κ1) is 68.5. The van der Waals surface area contributed by atoms with Crippen molar-refractivity contribution in [3.05, 3.63) is 36.5 Å². The summed E-state index contributed by atoms with van der Waals surface area (Å²) < 4.78 is 0. The molecule has 0 spiro atoms. The van der Waals surface area contributed by atoms with Crippen molar-refractivity contribution in [3.8, 4) is 0 Å². The van der Waals surface area contributed by atoms with E-state index in [1.165, 1.54) is 263 Å². The van der Waals surface area contributed by atoms with E-state index in [1.54, 1.807) is 0 Å². The lowest BCUT2D eigenvalue weighted by atomic mass is 10.00. The highest BCUT2D eigenvalue weighted by molar-refractivity contribution is 5.80. The Balaban J connectivity index is 3.64. The van der Waals surface area contributed by atoms with E-state index >= 15 is 0 Å². The zero-order valence-corrected chi connectivity index (χ0v) is 47.0. The summed E-state index contributed by atoms with van der Waals surface area (Å²) in [6, 6.07) is -1.01. The average molecular weight is 987 g/mol. The average Bonchev–Trinajstić information content (AvgIpc) is 3.36. The highest BCUT2D eigenvalue weighted by atomic mass is 16.3. The van der Waals surface area contributed by atoms with Gasteiger partial charge in [0.1, 0.15) is 12.2 Å². The molecule has 1 amide bonds. The second-order valence-corrected chi connectivity index (χ2v) is 21.7. The minimum Gasteiger partial charge on any atom is -0.394 e. The molecular weight excluding hydrogens is 863 g/mol. The quantitative estimate of drug-likeness (QED) is 0.0308. The highest BCUT2D eigenvalue weighted by Gasteiger charge is 2.28. The molecule has 5 N–H and O–H groups in total. The summed E-state index contributed by atoms with van der Waals surface area (Å²) in [5.74, 6) is -0.596. The number of rotatable bonds is 58. The normalized spacial score (nSPS) is 13.9. The summed E-state index contributed by atoms with van der Waals surface area (Å²) in [6.07, 6.45) is 73.9. The molecule has 0 fully saturated rings. The third kappa shape index (κ3) is 51.4. The van der Waals surface area contributed by atoms with Crippen molar-refractivity contribution in [2.45, 2.75) is 359 Å². The third-order valence-corrected chi connectivity index (χ3v) is 14.8. The Kier molecular flexibility index (Phi) is 57.2. The van der Waals surface area contributed by atoms with Crippen LogP contribution >= 0.6 is 0 Å². The molecule has 0 saturated carbocycles. The molecule has 0 rings (SSSR count). The van der Waals surface area contributed by atoms with Crippen molar-refractivity contribution in [2.75, 3.05) is 6.61 Å². The van der Waals surface area contributed by atoms with Gasteiger partial charge in [-0.1, -0.05) is 294 Å². The zero-order chi connectivity index (χ0) is 50.9. The van der Waals surface area contributed by atoms with Crippen LogP contribution in [0.1, 0.15) is 335 Å². The fourth-order valence-corrected chi connectivity index (χ4v) is 9.89. The molecular formula is C64H123NO5. The molecule has 0 bridgehead atoms. The number of aliphatic hydroxyl groups excluding tert-OH is 4. The van der Waals surface area contributed by atoms with Crippen molar-refractivity contribution in [1.82, 2.24) is 5.32 Å². The number of hydrogen-bond acceptors (Lipinski definition) is 5. The van der Waals surface area contributed by atoms with E-state index in [0.717, 1.165) is 38.5 Å². The molecule has 6 heteroatoms. The van der Waals surface area contributed by atoms with Gasteiger partial charge in [-0.2, -0.15) is 0 Å². The molecule has 0 radical (unpaired) electrons. The predicted octanol–water partition coefficient (Wildman–Crippen LogP) is 18.8. The van der Waals surface area contributed by atoms with Gasteiger partial charge in [-0.05, 0) is 77.0 Å². The van der Waals surface area contributed by atoms with Gasteiger partial charge in [0.05, 0.1) is 18.8 Å². The first-order valence-electron chi connectivity index (χ1n) is 31.4. The molecule has 70 heavy (non-hydrogen) atoms. The SMILES string of the molecule is CCCCCCCCCCCCCC/C=C\CCCCCCCCCCC(O)C(=O)NC(CO)C(O)C(O)CCC/C=C/CC/C=C/CCCCCCCCCCCCCCCCCCCCCCC. The number of allylic oxidation sites excluding steroid dienone is 6. The van der Waals surface area contributed by atoms with Gasteiger partial charge >= 0.3 is 0 Å². The van der Waals surface area contributed by atoms with Crippen LogP contribution in [0.2, 0.25) is 0 Å². The Bertz CT molecular complexity index is 1110. The van der Waals surface area contributed by atoms with Crippen LogP contribution in [0.5, 0.6) is 0 Å². The smallest absolute Gasteiger partial charge is 0.249 e. The number of amides is 1. The van der Waals surface area contributed by atoms with Crippen molar-refractivity contribution in [3.63, 3.8) is 0 Å². The Morgan fingerprint density at radius 1 is 0.343 bits per heavy atom. The first-order valence-corrected chi connectivity index (χ1v) is 31.4. The van der Waals surface area contributed by atoms with Gasteiger partial charge in [-0.25, -0.2) is 0 Å². The summed E-state index contributed by atoms with van der Waals surface area (Å²) >= 11 is 0. The molecule has 6 nitrogen and oxygen atoms in total. The van der Waals surface area contributed by atoms with Crippen molar-refractivity contribution >= 4 is 5.91 Å². The van der Waals surface area contributed by atoms with Crippen LogP contribution in [0.4, 0.5) is 0 Å². The maximum Gasteiger partial charge on any atom is 0.249 e. The Morgan fingerprint density at radius 3 is 0.900 bits per heavy atom. The molecule has 0 aromatic carbocycles. The Morgan fingerprint density at radius 2 is 0.600 bits per heavy atom. The van der Waals surface area contributed by atoms with E-state index in [4.69, 9.17) is 0 Å². The maximum atomic E-state index is 12.6. The van der Waals surface area contributed by atoms with Crippen LogP contribution in [0.25, 0.3) is 0 Å². The second-order valence-electron chi connectivity index (χ2n) is 21.7. The fourth-order valence-electron chi connectivity index (χ4n) is 9.89.